The molecule has 5 heterocycles. The third-order valence-corrected chi connectivity index (χ3v) is 6.39. The molecule has 0 unspecified atom stereocenters. The lowest BCUT2D eigenvalue weighted by atomic mass is 10.3. The molecule has 33 heavy (non-hydrogen) atoms. The van der Waals surface area contributed by atoms with Crippen LogP contribution in [0.1, 0.15) is 35.1 Å². The maximum Gasteiger partial charge on any atom is 0.332 e. The van der Waals surface area contributed by atoms with Crippen LogP contribution in [-0.2, 0) is 38.5 Å². The van der Waals surface area contributed by atoms with Crippen LogP contribution in [-0.4, -0.2) is 60.8 Å². The number of anilines is 1. The molecule has 0 N–H and O–H groups in total. The summed E-state index contributed by atoms with van der Waals surface area (Å²) in [5.41, 5.74) is 1.81. The van der Waals surface area contributed by atoms with Crippen molar-refractivity contribution in [2.45, 2.75) is 33.0 Å². The highest BCUT2D eigenvalue weighted by Gasteiger charge is 2.30. The van der Waals surface area contributed by atoms with Crippen LogP contribution in [0.4, 0.5) is 5.95 Å². The smallest absolute Gasteiger partial charge is 0.332 e. The van der Waals surface area contributed by atoms with Crippen molar-refractivity contribution < 1.29 is 9.53 Å². The van der Waals surface area contributed by atoms with Crippen LogP contribution in [0, 0.1) is 0 Å². The van der Waals surface area contributed by atoms with Gasteiger partial charge in [-0.15, -0.1) is 0 Å². The number of hydrogen-bond acceptors (Lipinski definition) is 7. The summed E-state index contributed by atoms with van der Waals surface area (Å²) in [4.78, 5) is 51.9. The van der Waals surface area contributed by atoms with Crippen LogP contribution < -0.4 is 16.1 Å². The fraction of sp³-hybridized carbons (Fsp3) is 0.500. The second-order valence-corrected chi connectivity index (χ2v) is 8.53. The number of amides is 1. The van der Waals surface area contributed by atoms with Gasteiger partial charge in [0.05, 0.1) is 30.8 Å². The number of hydrogen-bond donors (Lipinski definition) is 0. The van der Waals surface area contributed by atoms with Crippen molar-refractivity contribution >= 4 is 22.9 Å². The van der Waals surface area contributed by atoms with Gasteiger partial charge in [-0.1, -0.05) is 6.92 Å². The van der Waals surface area contributed by atoms with Crippen molar-refractivity contribution in [2.75, 3.05) is 31.2 Å². The Labute approximate surface area is 189 Å². The SMILES string of the molecule is CCCn1c(C(=O)N2Cc3cnc(N4CCOCC4)nc3C2)cc2c(=O)n(C)c(=O)n(C)c21. The zero-order valence-electron chi connectivity index (χ0n) is 19.1. The van der Waals surface area contributed by atoms with E-state index in [1.165, 1.54) is 11.6 Å². The first-order valence-electron chi connectivity index (χ1n) is 11.2. The molecule has 0 radical (unpaired) electrons. The fourth-order valence-electron chi connectivity index (χ4n) is 4.63. The average molecular weight is 454 g/mol. The highest BCUT2D eigenvalue weighted by molar-refractivity contribution is 5.98. The third kappa shape index (κ3) is 3.43. The number of morpholine rings is 1. The second-order valence-electron chi connectivity index (χ2n) is 8.53. The predicted octanol–water partition coefficient (Wildman–Crippen LogP) is 0.231. The molecule has 11 nitrogen and oxygen atoms in total. The second kappa shape index (κ2) is 8.14. The van der Waals surface area contributed by atoms with E-state index in [9.17, 15) is 14.4 Å². The van der Waals surface area contributed by atoms with E-state index in [2.05, 4.69) is 9.88 Å². The predicted molar refractivity (Wildman–Crippen MR) is 121 cm³/mol. The summed E-state index contributed by atoms with van der Waals surface area (Å²) in [6.45, 7) is 6.07. The van der Waals surface area contributed by atoms with Gasteiger partial charge in [-0.2, -0.15) is 0 Å². The Balaban J connectivity index is 1.50. The largest absolute Gasteiger partial charge is 0.378 e. The molecule has 0 atom stereocenters. The topological polar surface area (TPSA) is 107 Å². The highest BCUT2D eigenvalue weighted by Crippen LogP contribution is 2.26. The fourth-order valence-corrected chi connectivity index (χ4v) is 4.63. The molecule has 2 aliphatic rings. The molecule has 2 aliphatic heterocycles. The van der Waals surface area contributed by atoms with E-state index in [0.29, 0.717) is 55.5 Å². The lowest BCUT2D eigenvalue weighted by Gasteiger charge is -2.26. The maximum absolute atomic E-state index is 13.6. The van der Waals surface area contributed by atoms with E-state index in [0.717, 1.165) is 35.3 Å². The molecule has 3 aromatic heterocycles. The van der Waals surface area contributed by atoms with E-state index in [-0.39, 0.29) is 5.91 Å². The molecule has 0 aliphatic carbocycles. The van der Waals surface area contributed by atoms with Gasteiger partial charge in [-0.05, 0) is 12.5 Å². The molecule has 174 valence electrons. The Bertz CT molecular complexity index is 1360. The van der Waals surface area contributed by atoms with E-state index >= 15 is 0 Å². The number of ether oxygens (including phenoxy) is 1. The molecule has 1 fully saturated rings. The number of fused-ring (bicyclic) bond motifs is 2. The monoisotopic (exact) mass is 453 g/mol. The zero-order chi connectivity index (χ0) is 23.3. The molecule has 3 aromatic rings. The molecular formula is C22H27N7O4. The molecular weight excluding hydrogens is 426 g/mol. The van der Waals surface area contributed by atoms with E-state index in [4.69, 9.17) is 9.72 Å². The molecule has 1 saturated heterocycles. The summed E-state index contributed by atoms with van der Waals surface area (Å²) >= 11 is 0. The highest BCUT2D eigenvalue weighted by atomic mass is 16.5. The van der Waals surface area contributed by atoms with Crippen molar-refractivity contribution in [3.8, 4) is 0 Å². The standard InChI is InChI=1S/C22H27N7O4/c1-4-5-29-17(10-15-18(29)25(2)22(32)26(3)19(15)30)20(31)28-12-14-11-23-21(24-16(14)13-28)27-6-8-33-9-7-27/h10-11H,4-9,12-13H2,1-3H3. The van der Waals surface area contributed by atoms with Gasteiger partial charge in [-0.25, -0.2) is 14.8 Å². The lowest BCUT2D eigenvalue weighted by molar-refractivity contribution is 0.0739. The van der Waals surface area contributed by atoms with Gasteiger partial charge in [0.15, 0.2) is 0 Å². The van der Waals surface area contributed by atoms with Gasteiger partial charge in [0.25, 0.3) is 11.5 Å². The minimum Gasteiger partial charge on any atom is -0.378 e. The van der Waals surface area contributed by atoms with E-state index in [1.54, 1.807) is 28.8 Å². The van der Waals surface area contributed by atoms with Crippen LogP contribution >= 0.6 is 0 Å². The van der Waals surface area contributed by atoms with Crippen molar-refractivity contribution in [3.05, 3.63) is 50.1 Å². The number of carbonyl (C=O) groups is 1. The number of nitrogens with zero attached hydrogens (tertiary/aromatic N) is 7. The third-order valence-electron chi connectivity index (χ3n) is 6.39. The molecule has 5 rings (SSSR count). The van der Waals surface area contributed by atoms with E-state index < -0.39 is 11.2 Å². The van der Waals surface area contributed by atoms with Gasteiger partial charge >= 0.3 is 5.69 Å². The Morgan fingerprint density at radius 3 is 2.61 bits per heavy atom. The lowest BCUT2D eigenvalue weighted by Crippen LogP contribution is -2.37. The van der Waals surface area contributed by atoms with Crippen molar-refractivity contribution in [1.82, 2.24) is 28.6 Å². The quantitative estimate of drug-likeness (QED) is 0.557. The van der Waals surface area contributed by atoms with Crippen molar-refractivity contribution in [3.63, 3.8) is 0 Å². The van der Waals surface area contributed by atoms with Gasteiger partial charge in [0.1, 0.15) is 11.3 Å². The van der Waals surface area contributed by atoms with E-state index in [1.807, 2.05) is 6.92 Å². The van der Waals surface area contributed by atoms with Crippen LogP contribution in [0.25, 0.3) is 11.0 Å². The molecule has 0 spiro atoms. The first-order chi connectivity index (χ1) is 15.9. The molecule has 11 heteroatoms. The number of aryl methyl sites for hydroxylation is 2. The Kier molecular flexibility index (Phi) is 5.28. The summed E-state index contributed by atoms with van der Waals surface area (Å²) in [5.74, 6) is 0.463. The average Bonchev–Trinajstić information content (AvgIpc) is 3.43. The Morgan fingerprint density at radius 2 is 1.88 bits per heavy atom. The Hall–Kier alpha value is -3.47. The van der Waals surface area contributed by atoms with Gasteiger partial charge in [0.2, 0.25) is 5.95 Å². The van der Waals surface area contributed by atoms with Crippen LogP contribution in [0.15, 0.2) is 21.9 Å². The minimum atomic E-state index is -0.415. The van der Waals surface area contributed by atoms with Gasteiger partial charge < -0.3 is 19.1 Å². The number of aromatic nitrogens is 5. The molecule has 1 amide bonds. The number of carbonyl (C=O) groups excluding carboxylic acids is 1. The van der Waals surface area contributed by atoms with Crippen molar-refractivity contribution in [1.29, 1.82) is 0 Å². The van der Waals surface area contributed by atoms with Crippen LogP contribution in [0.3, 0.4) is 0 Å². The summed E-state index contributed by atoms with van der Waals surface area (Å²) < 4.78 is 9.69. The Morgan fingerprint density at radius 1 is 1.12 bits per heavy atom. The summed E-state index contributed by atoms with van der Waals surface area (Å²) in [6.07, 6.45) is 2.55. The van der Waals surface area contributed by atoms with Crippen molar-refractivity contribution in [2.24, 2.45) is 14.1 Å². The molecule has 0 saturated carbocycles. The normalized spacial score (nSPS) is 16.0. The number of rotatable bonds is 4. The van der Waals surface area contributed by atoms with Crippen LogP contribution in [0.2, 0.25) is 0 Å². The van der Waals surface area contributed by atoms with Gasteiger partial charge in [-0.3, -0.25) is 18.7 Å². The summed E-state index contributed by atoms with van der Waals surface area (Å²) in [5, 5.41) is 0.363. The van der Waals surface area contributed by atoms with Crippen LogP contribution in [0.5, 0.6) is 0 Å². The first-order valence-corrected chi connectivity index (χ1v) is 11.2. The minimum absolute atomic E-state index is 0.194. The maximum atomic E-state index is 13.6. The molecule has 0 aromatic carbocycles. The first kappa shape index (κ1) is 21.4. The summed E-state index contributed by atoms with van der Waals surface area (Å²) in [6, 6.07) is 1.61. The molecule has 0 bridgehead atoms. The zero-order valence-corrected chi connectivity index (χ0v) is 19.1. The summed E-state index contributed by atoms with van der Waals surface area (Å²) in [7, 11) is 3.07. The van der Waals surface area contributed by atoms with Gasteiger partial charge in [0, 0.05) is 52.0 Å².